The zero-order valence-corrected chi connectivity index (χ0v) is 11.0. The summed E-state index contributed by atoms with van der Waals surface area (Å²) in [5.41, 5.74) is 1.15. The molecule has 0 saturated heterocycles. The van der Waals surface area contributed by atoms with Crippen molar-refractivity contribution >= 4 is 11.3 Å². The Kier molecular flexibility index (Phi) is 3.21. The Morgan fingerprint density at radius 1 is 1.17 bits per heavy atom. The molecule has 3 rings (SSSR count). The van der Waals surface area contributed by atoms with Gasteiger partial charge in [-0.1, -0.05) is 12.1 Å². The number of rotatable bonds is 4. The van der Waals surface area contributed by atoms with Gasteiger partial charge in [-0.2, -0.15) is 0 Å². The van der Waals surface area contributed by atoms with Crippen molar-refractivity contribution in [2.45, 2.75) is 20.0 Å². The van der Waals surface area contributed by atoms with E-state index < -0.39 is 0 Å². The highest BCUT2D eigenvalue weighted by atomic mass is 32.1. The molecular weight excluding hydrogens is 246 g/mol. The number of aryl methyl sites for hydroxylation is 1. The van der Waals surface area contributed by atoms with Crippen LogP contribution < -0.4 is 14.8 Å². The van der Waals surface area contributed by atoms with Gasteiger partial charge in [0.2, 0.25) is 6.79 Å². The van der Waals surface area contributed by atoms with Crippen molar-refractivity contribution in [3.63, 3.8) is 0 Å². The van der Waals surface area contributed by atoms with Crippen LogP contribution in [0.4, 0.5) is 0 Å². The Hall–Kier alpha value is -1.52. The highest BCUT2D eigenvalue weighted by molar-refractivity contribution is 7.11. The maximum atomic E-state index is 5.48. The van der Waals surface area contributed by atoms with E-state index in [4.69, 9.17) is 9.47 Å². The van der Waals surface area contributed by atoms with E-state index in [2.05, 4.69) is 30.4 Å². The first-order valence-corrected chi connectivity index (χ1v) is 6.78. The van der Waals surface area contributed by atoms with Gasteiger partial charge in [-0.25, -0.2) is 0 Å². The van der Waals surface area contributed by atoms with E-state index in [-0.39, 0.29) is 0 Å². The zero-order chi connectivity index (χ0) is 12.4. The number of hydrogen-bond acceptors (Lipinski definition) is 4. The van der Waals surface area contributed by atoms with Crippen LogP contribution in [-0.2, 0) is 13.1 Å². The van der Waals surface area contributed by atoms with Gasteiger partial charge in [-0.05, 0) is 25.1 Å². The van der Waals surface area contributed by atoms with Crippen molar-refractivity contribution in [2.24, 2.45) is 0 Å². The van der Waals surface area contributed by atoms with Gasteiger partial charge in [-0.3, -0.25) is 0 Å². The fourth-order valence-electron chi connectivity index (χ4n) is 2.03. The second-order valence-electron chi connectivity index (χ2n) is 4.27. The minimum Gasteiger partial charge on any atom is -0.454 e. The molecule has 2 aromatic rings. The van der Waals surface area contributed by atoms with E-state index in [1.807, 2.05) is 23.5 Å². The van der Waals surface area contributed by atoms with Gasteiger partial charge in [0.05, 0.1) is 0 Å². The van der Waals surface area contributed by atoms with Crippen molar-refractivity contribution < 1.29 is 9.47 Å². The van der Waals surface area contributed by atoms with Gasteiger partial charge in [0.25, 0.3) is 0 Å². The van der Waals surface area contributed by atoms with E-state index in [9.17, 15) is 0 Å². The Balaban J connectivity index is 1.62. The molecule has 1 aromatic carbocycles. The van der Waals surface area contributed by atoms with Gasteiger partial charge < -0.3 is 14.8 Å². The summed E-state index contributed by atoms with van der Waals surface area (Å²) in [5.74, 6) is 1.73. The maximum Gasteiger partial charge on any atom is 0.231 e. The Morgan fingerprint density at radius 3 is 2.94 bits per heavy atom. The molecule has 1 aliphatic rings. The molecule has 0 saturated carbocycles. The molecular formula is C14H15NO2S. The van der Waals surface area contributed by atoms with E-state index in [1.165, 1.54) is 9.75 Å². The monoisotopic (exact) mass is 261 g/mol. The maximum absolute atomic E-state index is 5.48. The third-order valence-corrected chi connectivity index (χ3v) is 3.89. The van der Waals surface area contributed by atoms with Gasteiger partial charge in [0.15, 0.2) is 11.5 Å². The Labute approximate surface area is 110 Å². The molecule has 1 aliphatic heterocycles. The lowest BCUT2D eigenvalue weighted by atomic mass is 10.2. The summed E-state index contributed by atoms with van der Waals surface area (Å²) in [6.07, 6.45) is 0. The van der Waals surface area contributed by atoms with Crippen LogP contribution in [0.15, 0.2) is 30.3 Å². The molecule has 1 N–H and O–H groups in total. The predicted molar refractivity (Wildman–Crippen MR) is 72.2 cm³/mol. The summed E-state index contributed by atoms with van der Waals surface area (Å²) >= 11 is 1.83. The molecule has 4 heteroatoms. The SMILES string of the molecule is Cc1ccc(CNCc2cccc3c2OCO3)s1. The van der Waals surface area contributed by atoms with Gasteiger partial charge in [-0.15, -0.1) is 11.3 Å². The van der Waals surface area contributed by atoms with Crippen LogP contribution in [0.5, 0.6) is 11.5 Å². The van der Waals surface area contributed by atoms with Crippen molar-refractivity contribution in [1.82, 2.24) is 5.32 Å². The first-order chi connectivity index (χ1) is 8.83. The number of nitrogens with one attached hydrogen (secondary N) is 1. The topological polar surface area (TPSA) is 30.5 Å². The summed E-state index contributed by atoms with van der Waals surface area (Å²) in [5, 5.41) is 3.44. The number of hydrogen-bond donors (Lipinski definition) is 1. The first-order valence-electron chi connectivity index (χ1n) is 5.96. The van der Waals surface area contributed by atoms with Crippen molar-refractivity contribution in [1.29, 1.82) is 0 Å². The minimum atomic E-state index is 0.330. The number of benzene rings is 1. The molecule has 18 heavy (non-hydrogen) atoms. The number of fused-ring (bicyclic) bond motifs is 1. The molecule has 0 atom stereocenters. The largest absolute Gasteiger partial charge is 0.454 e. The van der Waals surface area contributed by atoms with E-state index >= 15 is 0 Å². The summed E-state index contributed by atoms with van der Waals surface area (Å²) in [7, 11) is 0. The lowest BCUT2D eigenvalue weighted by molar-refractivity contribution is 0.173. The Bertz CT molecular complexity index is 550. The van der Waals surface area contributed by atoms with Crippen LogP contribution in [-0.4, -0.2) is 6.79 Å². The quantitative estimate of drug-likeness (QED) is 0.917. The van der Waals surface area contributed by atoms with E-state index in [1.54, 1.807) is 0 Å². The van der Waals surface area contributed by atoms with Gasteiger partial charge in [0, 0.05) is 28.4 Å². The van der Waals surface area contributed by atoms with Crippen LogP contribution in [0.3, 0.4) is 0 Å². The standard InChI is InChI=1S/C14H15NO2S/c1-10-5-6-12(18-10)8-15-7-11-3-2-4-13-14(11)17-9-16-13/h2-6,15H,7-9H2,1H3. The minimum absolute atomic E-state index is 0.330. The average Bonchev–Trinajstić information content (AvgIpc) is 2.98. The fourth-order valence-corrected chi connectivity index (χ4v) is 2.89. The highest BCUT2D eigenvalue weighted by Crippen LogP contribution is 2.35. The van der Waals surface area contributed by atoms with Gasteiger partial charge >= 0.3 is 0 Å². The average molecular weight is 261 g/mol. The van der Waals surface area contributed by atoms with Crippen molar-refractivity contribution in [3.8, 4) is 11.5 Å². The number of para-hydroxylation sites is 1. The highest BCUT2D eigenvalue weighted by Gasteiger charge is 2.16. The van der Waals surface area contributed by atoms with Crippen LogP contribution in [0.2, 0.25) is 0 Å². The molecule has 94 valence electrons. The lowest BCUT2D eigenvalue weighted by Crippen LogP contribution is -2.12. The van der Waals surface area contributed by atoms with Crippen LogP contribution in [0.1, 0.15) is 15.3 Å². The smallest absolute Gasteiger partial charge is 0.231 e. The molecule has 0 unspecified atom stereocenters. The molecule has 2 heterocycles. The first kappa shape index (κ1) is 11.6. The zero-order valence-electron chi connectivity index (χ0n) is 10.2. The molecule has 0 aliphatic carbocycles. The number of thiophene rings is 1. The van der Waals surface area contributed by atoms with Crippen molar-refractivity contribution in [3.05, 3.63) is 45.6 Å². The fraction of sp³-hybridized carbons (Fsp3) is 0.286. The van der Waals surface area contributed by atoms with E-state index in [0.717, 1.165) is 30.2 Å². The second kappa shape index (κ2) is 5.00. The lowest BCUT2D eigenvalue weighted by Gasteiger charge is -2.06. The Morgan fingerprint density at radius 2 is 2.11 bits per heavy atom. The number of ether oxygens (including phenoxy) is 2. The predicted octanol–water partition coefficient (Wildman–Crippen LogP) is 3.08. The van der Waals surface area contributed by atoms with Crippen molar-refractivity contribution in [2.75, 3.05) is 6.79 Å². The second-order valence-corrected chi connectivity index (χ2v) is 5.64. The third kappa shape index (κ3) is 2.35. The van der Waals surface area contributed by atoms with Crippen LogP contribution in [0, 0.1) is 6.92 Å². The molecule has 0 amide bonds. The van der Waals surface area contributed by atoms with Crippen LogP contribution in [0.25, 0.3) is 0 Å². The summed E-state index contributed by atoms with van der Waals surface area (Å²) < 4.78 is 10.8. The molecule has 0 fully saturated rings. The van der Waals surface area contributed by atoms with Crippen LogP contribution >= 0.6 is 11.3 Å². The summed E-state index contributed by atoms with van der Waals surface area (Å²) in [4.78, 5) is 2.71. The van der Waals surface area contributed by atoms with E-state index in [0.29, 0.717) is 6.79 Å². The molecule has 1 aromatic heterocycles. The molecule has 0 bridgehead atoms. The molecule has 0 radical (unpaired) electrons. The summed E-state index contributed by atoms with van der Waals surface area (Å²) in [6, 6.07) is 10.3. The molecule has 0 spiro atoms. The normalized spacial score (nSPS) is 12.9. The van der Waals surface area contributed by atoms with Gasteiger partial charge in [0.1, 0.15) is 0 Å². The summed E-state index contributed by atoms with van der Waals surface area (Å²) in [6.45, 7) is 4.15. The molecule has 3 nitrogen and oxygen atoms in total. The third-order valence-electron chi connectivity index (χ3n) is 2.89.